The van der Waals surface area contributed by atoms with Crippen molar-refractivity contribution in [2.45, 2.75) is 31.8 Å². The molecule has 1 heterocycles. The Morgan fingerprint density at radius 2 is 2.44 bits per heavy atom. The van der Waals surface area contributed by atoms with E-state index >= 15 is 0 Å². The number of nitrogens with one attached hydrogen (secondary N) is 1. The van der Waals surface area contributed by atoms with E-state index in [0.717, 1.165) is 6.42 Å². The summed E-state index contributed by atoms with van der Waals surface area (Å²) in [6.07, 6.45) is 1.40. The second-order valence-electron chi connectivity index (χ2n) is 2.67. The lowest BCUT2D eigenvalue weighted by molar-refractivity contribution is -0.123. The van der Waals surface area contributed by atoms with Crippen molar-refractivity contribution in [2.75, 3.05) is 0 Å². The molecule has 0 bridgehead atoms. The van der Waals surface area contributed by atoms with Crippen LogP contribution in [0.2, 0.25) is 0 Å². The van der Waals surface area contributed by atoms with Crippen LogP contribution in [-0.2, 0) is 4.79 Å². The fourth-order valence-corrected chi connectivity index (χ4v) is 1.17. The second-order valence-corrected chi connectivity index (χ2v) is 2.67. The molecule has 3 nitrogen and oxygen atoms in total. The molecule has 0 saturated carbocycles. The van der Waals surface area contributed by atoms with E-state index in [4.69, 9.17) is 5.73 Å². The van der Waals surface area contributed by atoms with Gasteiger partial charge in [0.25, 0.3) is 0 Å². The predicted molar refractivity (Wildman–Crippen MR) is 34.8 cm³/mol. The number of rotatable bonds is 0. The Bertz CT molecular complexity index is 112. The zero-order chi connectivity index (χ0) is 6.85. The number of hydrogen-bond donors (Lipinski definition) is 2. The molecule has 0 aromatic heterocycles. The highest BCUT2D eigenvalue weighted by Gasteiger charge is 2.19. The molecule has 1 amide bonds. The molecule has 0 aliphatic carbocycles. The number of hydrogen-bond acceptors (Lipinski definition) is 2. The van der Waals surface area contributed by atoms with Crippen molar-refractivity contribution in [3.05, 3.63) is 0 Å². The molecule has 0 aromatic carbocycles. The van der Waals surface area contributed by atoms with Crippen molar-refractivity contribution < 1.29 is 4.79 Å². The first-order chi connectivity index (χ1) is 4.18. The highest BCUT2D eigenvalue weighted by atomic mass is 16.1. The minimum absolute atomic E-state index is 0.0775. The fourth-order valence-electron chi connectivity index (χ4n) is 1.17. The Morgan fingerprint density at radius 3 is 2.89 bits per heavy atom. The maximum Gasteiger partial charge on any atom is 0.221 e. The standard InChI is InChI=1S/C6H12N2O/c1-4-2-5(7)3-6(9)8-4/h4-5H,2-3,7H2,1H3,(H,8,9)/t4-,5+/m1/s1. The third-order valence-corrected chi connectivity index (χ3v) is 1.51. The fraction of sp³-hybridized carbons (Fsp3) is 0.833. The van der Waals surface area contributed by atoms with Crippen molar-refractivity contribution in [3.63, 3.8) is 0 Å². The van der Waals surface area contributed by atoms with E-state index < -0.39 is 0 Å². The third-order valence-electron chi connectivity index (χ3n) is 1.51. The first kappa shape index (κ1) is 6.55. The van der Waals surface area contributed by atoms with Crippen LogP contribution in [-0.4, -0.2) is 18.0 Å². The highest BCUT2D eigenvalue weighted by Crippen LogP contribution is 2.05. The molecular weight excluding hydrogens is 116 g/mol. The third kappa shape index (κ3) is 1.68. The van der Waals surface area contributed by atoms with E-state index in [0.29, 0.717) is 6.42 Å². The summed E-state index contributed by atoms with van der Waals surface area (Å²) in [6.45, 7) is 1.97. The molecular formula is C6H12N2O. The van der Waals surface area contributed by atoms with Gasteiger partial charge in [0.2, 0.25) is 5.91 Å². The van der Waals surface area contributed by atoms with Gasteiger partial charge in [0.1, 0.15) is 0 Å². The number of nitrogens with two attached hydrogens (primary N) is 1. The number of carbonyl (C=O) groups excluding carboxylic acids is 1. The molecule has 1 aliphatic heterocycles. The van der Waals surface area contributed by atoms with Crippen LogP contribution in [0.25, 0.3) is 0 Å². The molecule has 1 rings (SSSR count). The summed E-state index contributed by atoms with van der Waals surface area (Å²) >= 11 is 0. The van der Waals surface area contributed by atoms with Gasteiger partial charge >= 0.3 is 0 Å². The van der Waals surface area contributed by atoms with Gasteiger partial charge in [-0.1, -0.05) is 0 Å². The normalized spacial score (nSPS) is 36.0. The van der Waals surface area contributed by atoms with E-state index in [1.54, 1.807) is 0 Å². The van der Waals surface area contributed by atoms with Gasteiger partial charge in [-0.05, 0) is 13.3 Å². The molecule has 3 heteroatoms. The van der Waals surface area contributed by atoms with Gasteiger partial charge in [-0.2, -0.15) is 0 Å². The van der Waals surface area contributed by atoms with Crippen LogP contribution in [0.5, 0.6) is 0 Å². The average molecular weight is 128 g/mol. The molecule has 2 atom stereocenters. The van der Waals surface area contributed by atoms with Crippen molar-refractivity contribution in [1.82, 2.24) is 5.32 Å². The van der Waals surface area contributed by atoms with Gasteiger partial charge in [-0.3, -0.25) is 4.79 Å². The lowest BCUT2D eigenvalue weighted by atomic mass is 10.0. The number of carbonyl (C=O) groups is 1. The monoisotopic (exact) mass is 128 g/mol. The number of amides is 1. The van der Waals surface area contributed by atoms with Crippen LogP contribution < -0.4 is 11.1 Å². The molecule has 1 aliphatic rings. The van der Waals surface area contributed by atoms with Gasteiger partial charge in [-0.15, -0.1) is 0 Å². The van der Waals surface area contributed by atoms with Crippen molar-refractivity contribution in [2.24, 2.45) is 5.73 Å². The van der Waals surface area contributed by atoms with Gasteiger partial charge in [0, 0.05) is 18.5 Å². The summed E-state index contributed by atoms with van der Waals surface area (Å²) in [5, 5.41) is 2.79. The van der Waals surface area contributed by atoms with Crippen LogP contribution in [0, 0.1) is 0 Å². The Kier molecular flexibility index (Phi) is 1.71. The summed E-state index contributed by atoms with van der Waals surface area (Å²) in [7, 11) is 0. The molecule has 0 aromatic rings. The maximum atomic E-state index is 10.7. The van der Waals surface area contributed by atoms with Crippen LogP contribution in [0.3, 0.4) is 0 Å². The first-order valence-electron chi connectivity index (χ1n) is 3.23. The van der Waals surface area contributed by atoms with E-state index in [1.165, 1.54) is 0 Å². The largest absolute Gasteiger partial charge is 0.354 e. The van der Waals surface area contributed by atoms with Crippen LogP contribution in [0.4, 0.5) is 0 Å². The van der Waals surface area contributed by atoms with Gasteiger partial charge in [-0.25, -0.2) is 0 Å². The van der Waals surface area contributed by atoms with E-state index in [2.05, 4.69) is 5.32 Å². The topological polar surface area (TPSA) is 55.1 Å². The molecule has 0 radical (unpaired) electrons. The number of piperidine rings is 1. The first-order valence-corrected chi connectivity index (χ1v) is 3.23. The molecule has 0 spiro atoms. The Hall–Kier alpha value is -0.570. The summed E-state index contributed by atoms with van der Waals surface area (Å²) in [5.74, 6) is 0.0845. The SMILES string of the molecule is C[C@@H]1C[C@H](N)CC(=O)N1. The van der Waals surface area contributed by atoms with Gasteiger partial charge in [0.05, 0.1) is 0 Å². The molecule has 1 saturated heterocycles. The summed E-state index contributed by atoms with van der Waals surface area (Å²) in [6, 6.07) is 0.343. The second kappa shape index (κ2) is 2.35. The van der Waals surface area contributed by atoms with E-state index in [-0.39, 0.29) is 18.0 Å². The van der Waals surface area contributed by atoms with Crippen LogP contribution in [0.15, 0.2) is 0 Å². The summed E-state index contributed by atoms with van der Waals surface area (Å²) < 4.78 is 0. The zero-order valence-electron chi connectivity index (χ0n) is 5.55. The summed E-state index contributed by atoms with van der Waals surface area (Å²) in [4.78, 5) is 10.7. The predicted octanol–water partition coefficient (Wildman–Crippen LogP) is -0.388. The van der Waals surface area contributed by atoms with Crippen molar-refractivity contribution in [1.29, 1.82) is 0 Å². The minimum Gasteiger partial charge on any atom is -0.354 e. The van der Waals surface area contributed by atoms with Gasteiger partial charge in [0.15, 0.2) is 0 Å². The average Bonchev–Trinajstić information content (AvgIpc) is 1.59. The van der Waals surface area contributed by atoms with Crippen LogP contribution >= 0.6 is 0 Å². The van der Waals surface area contributed by atoms with Crippen molar-refractivity contribution in [3.8, 4) is 0 Å². The molecule has 9 heavy (non-hydrogen) atoms. The maximum absolute atomic E-state index is 10.7. The summed E-state index contributed by atoms with van der Waals surface area (Å²) in [5.41, 5.74) is 5.55. The minimum atomic E-state index is 0.0775. The molecule has 3 N–H and O–H groups in total. The molecule has 1 fully saturated rings. The van der Waals surface area contributed by atoms with Crippen LogP contribution in [0.1, 0.15) is 19.8 Å². The highest BCUT2D eigenvalue weighted by molar-refractivity contribution is 5.77. The smallest absolute Gasteiger partial charge is 0.221 e. The Balaban J connectivity index is 2.43. The Labute approximate surface area is 54.6 Å². The van der Waals surface area contributed by atoms with E-state index in [1.807, 2.05) is 6.92 Å². The lowest BCUT2D eigenvalue weighted by Crippen LogP contribution is -2.45. The lowest BCUT2D eigenvalue weighted by Gasteiger charge is -2.24. The quantitative estimate of drug-likeness (QED) is 0.467. The zero-order valence-corrected chi connectivity index (χ0v) is 5.55. The Morgan fingerprint density at radius 1 is 1.78 bits per heavy atom. The van der Waals surface area contributed by atoms with E-state index in [9.17, 15) is 4.79 Å². The van der Waals surface area contributed by atoms with Crippen molar-refractivity contribution >= 4 is 5.91 Å². The van der Waals surface area contributed by atoms with Gasteiger partial charge < -0.3 is 11.1 Å². The molecule has 0 unspecified atom stereocenters. The molecule has 52 valence electrons.